The summed E-state index contributed by atoms with van der Waals surface area (Å²) in [7, 11) is 0. The average molecular weight is 387 g/mol. The van der Waals surface area contributed by atoms with E-state index in [-0.39, 0.29) is 6.10 Å². The van der Waals surface area contributed by atoms with Gasteiger partial charge in [0.1, 0.15) is 6.10 Å². The van der Waals surface area contributed by atoms with E-state index < -0.39 is 0 Å². The van der Waals surface area contributed by atoms with Crippen LogP contribution in [0.1, 0.15) is 20.3 Å². The zero-order valence-corrected chi connectivity index (χ0v) is 16.6. The minimum atomic E-state index is 0.187. The van der Waals surface area contributed by atoms with Crippen molar-refractivity contribution in [1.82, 2.24) is 16.0 Å². The summed E-state index contributed by atoms with van der Waals surface area (Å²) in [4.78, 5) is 4.56. The molecule has 3 rings (SSSR count). The lowest BCUT2D eigenvalue weighted by atomic mass is 9.99. The number of ether oxygens (including phenoxy) is 1. The Kier molecular flexibility index (Phi) is 6.96. The summed E-state index contributed by atoms with van der Waals surface area (Å²) in [5, 5.41) is 10.5. The molecule has 0 bridgehead atoms. The van der Waals surface area contributed by atoms with E-state index in [1.54, 1.807) is 0 Å². The van der Waals surface area contributed by atoms with Gasteiger partial charge in [-0.3, -0.25) is 4.99 Å². The highest BCUT2D eigenvalue weighted by Crippen LogP contribution is 2.23. The zero-order valence-electron chi connectivity index (χ0n) is 15.9. The van der Waals surface area contributed by atoms with Crippen LogP contribution in [0.15, 0.2) is 75.4 Å². The molecule has 2 aliphatic heterocycles. The number of aliphatic imine (C=N–C) groups is 1. The van der Waals surface area contributed by atoms with E-state index in [4.69, 9.17) is 16.3 Å². The van der Waals surface area contributed by atoms with E-state index in [0.717, 1.165) is 47.8 Å². The second-order valence-electron chi connectivity index (χ2n) is 6.54. The molecule has 0 saturated carbocycles. The molecule has 3 aliphatic rings. The van der Waals surface area contributed by atoms with Crippen molar-refractivity contribution in [2.45, 2.75) is 26.4 Å². The fraction of sp³-hybridized carbons (Fsp3) is 0.381. The van der Waals surface area contributed by atoms with E-state index in [1.165, 1.54) is 0 Å². The Labute approximate surface area is 166 Å². The van der Waals surface area contributed by atoms with Gasteiger partial charge in [0.25, 0.3) is 0 Å². The van der Waals surface area contributed by atoms with E-state index in [0.29, 0.717) is 18.1 Å². The third-order valence-corrected chi connectivity index (χ3v) is 4.69. The summed E-state index contributed by atoms with van der Waals surface area (Å²) in [6.07, 6.45) is 15.4. The number of rotatable bonds is 7. The molecule has 27 heavy (non-hydrogen) atoms. The van der Waals surface area contributed by atoms with Crippen LogP contribution in [0.4, 0.5) is 0 Å². The number of hydrogen-bond acceptors (Lipinski definition) is 5. The van der Waals surface area contributed by atoms with Crippen LogP contribution in [0.2, 0.25) is 0 Å². The number of allylic oxidation sites excluding steroid dienone is 5. The standard InChI is InChI=1S/C21H27ClN4O/c1-3-5-16-7-6-15(9-19(16)25-8-4-2)10-26-20-14-24-13-18(22)21(20)27-17-11-23-12-17/h4-9,14,17,23-24,26H,3,10-13H2,1-2H3/b8-4-,16-5+,25-19-. The third kappa shape index (κ3) is 5.15. The maximum absolute atomic E-state index is 6.39. The number of hydrogen-bond donors (Lipinski definition) is 3. The number of nitrogens with zero attached hydrogens (tertiary/aromatic N) is 1. The van der Waals surface area contributed by atoms with E-state index in [1.807, 2.05) is 25.4 Å². The van der Waals surface area contributed by atoms with Crippen molar-refractivity contribution in [1.29, 1.82) is 0 Å². The molecule has 5 nitrogen and oxygen atoms in total. The topological polar surface area (TPSA) is 57.7 Å². The minimum Gasteiger partial charge on any atom is -0.484 e. The van der Waals surface area contributed by atoms with Crippen LogP contribution in [0.5, 0.6) is 0 Å². The summed E-state index contributed by atoms with van der Waals surface area (Å²) >= 11 is 6.39. The van der Waals surface area contributed by atoms with E-state index in [9.17, 15) is 0 Å². The Balaban J connectivity index is 1.68. The average Bonchev–Trinajstić information content (AvgIpc) is 2.64. The molecule has 1 saturated heterocycles. The first-order valence-electron chi connectivity index (χ1n) is 9.43. The smallest absolute Gasteiger partial charge is 0.160 e. The lowest BCUT2D eigenvalue weighted by Crippen LogP contribution is -2.49. The molecule has 0 spiro atoms. The van der Waals surface area contributed by atoms with Crippen molar-refractivity contribution < 1.29 is 4.74 Å². The number of nitrogens with one attached hydrogen (secondary N) is 3. The molecule has 0 aromatic heterocycles. The summed E-state index contributed by atoms with van der Waals surface area (Å²) in [5.74, 6) is 0.747. The Morgan fingerprint density at radius 1 is 1.37 bits per heavy atom. The van der Waals surface area contributed by atoms with Gasteiger partial charge < -0.3 is 20.7 Å². The summed E-state index contributed by atoms with van der Waals surface area (Å²) in [6, 6.07) is 0. The van der Waals surface area contributed by atoms with Crippen molar-refractivity contribution in [3.63, 3.8) is 0 Å². The summed E-state index contributed by atoms with van der Waals surface area (Å²) in [6.45, 7) is 7.08. The highest BCUT2D eigenvalue weighted by molar-refractivity contribution is 6.30. The molecule has 0 amide bonds. The van der Waals surface area contributed by atoms with Gasteiger partial charge >= 0.3 is 0 Å². The van der Waals surface area contributed by atoms with Crippen LogP contribution in [0, 0.1) is 0 Å². The molecule has 1 aliphatic carbocycles. The Hall–Kier alpha value is -2.24. The van der Waals surface area contributed by atoms with Crippen LogP contribution in [-0.4, -0.2) is 38.0 Å². The molecular weight excluding hydrogens is 360 g/mol. The predicted octanol–water partition coefficient (Wildman–Crippen LogP) is 3.27. The Morgan fingerprint density at radius 2 is 2.22 bits per heavy atom. The first-order chi connectivity index (χ1) is 13.2. The van der Waals surface area contributed by atoms with Gasteiger partial charge in [-0.15, -0.1) is 0 Å². The van der Waals surface area contributed by atoms with Crippen LogP contribution < -0.4 is 16.0 Å². The summed E-state index contributed by atoms with van der Waals surface area (Å²) in [5.41, 5.74) is 4.17. The third-order valence-electron chi connectivity index (χ3n) is 4.39. The molecule has 2 heterocycles. The maximum atomic E-state index is 6.39. The van der Waals surface area contributed by atoms with E-state index in [2.05, 4.69) is 52.2 Å². The fourth-order valence-electron chi connectivity index (χ4n) is 2.86. The zero-order chi connectivity index (χ0) is 19.1. The van der Waals surface area contributed by atoms with Crippen LogP contribution in [-0.2, 0) is 4.74 Å². The normalized spacial score (nSPS) is 23.4. The van der Waals surface area contributed by atoms with Crippen molar-refractivity contribution in [3.05, 3.63) is 70.4 Å². The second kappa shape index (κ2) is 9.62. The Morgan fingerprint density at radius 3 is 2.93 bits per heavy atom. The molecule has 6 heteroatoms. The largest absolute Gasteiger partial charge is 0.484 e. The van der Waals surface area contributed by atoms with Crippen molar-refractivity contribution in [2.75, 3.05) is 26.2 Å². The van der Waals surface area contributed by atoms with Gasteiger partial charge in [0.2, 0.25) is 0 Å². The first-order valence-corrected chi connectivity index (χ1v) is 9.81. The van der Waals surface area contributed by atoms with Gasteiger partial charge in [-0.25, -0.2) is 0 Å². The van der Waals surface area contributed by atoms with Crippen molar-refractivity contribution in [3.8, 4) is 0 Å². The molecule has 0 atom stereocenters. The number of halogens is 1. The van der Waals surface area contributed by atoms with Crippen molar-refractivity contribution >= 4 is 17.3 Å². The van der Waals surface area contributed by atoms with Gasteiger partial charge in [-0.2, -0.15) is 0 Å². The molecule has 0 aromatic carbocycles. The minimum absolute atomic E-state index is 0.187. The quantitative estimate of drug-likeness (QED) is 0.628. The highest BCUT2D eigenvalue weighted by atomic mass is 35.5. The van der Waals surface area contributed by atoms with Crippen LogP contribution in [0.25, 0.3) is 0 Å². The molecule has 0 radical (unpaired) electrons. The first kappa shape index (κ1) is 19.5. The van der Waals surface area contributed by atoms with Gasteiger partial charge in [0.15, 0.2) is 5.76 Å². The molecule has 1 fully saturated rings. The predicted molar refractivity (Wildman–Crippen MR) is 113 cm³/mol. The SMILES string of the molecule is C\C=C/N=C1/C=C(CNC2=CNCC(Cl)=C2OC2CNC2)C=C/C1=C\CC. The molecule has 3 N–H and O–H groups in total. The molecule has 144 valence electrons. The van der Waals surface area contributed by atoms with Gasteiger partial charge in [0, 0.05) is 32.0 Å². The van der Waals surface area contributed by atoms with Gasteiger partial charge in [0.05, 0.1) is 23.0 Å². The van der Waals surface area contributed by atoms with Gasteiger partial charge in [-0.05, 0) is 30.6 Å². The monoisotopic (exact) mass is 386 g/mol. The highest BCUT2D eigenvalue weighted by Gasteiger charge is 2.24. The van der Waals surface area contributed by atoms with E-state index >= 15 is 0 Å². The molecule has 0 unspecified atom stereocenters. The number of dihydropyridines is 1. The summed E-state index contributed by atoms with van der Waals surface area (Å²) < 4.78 is 6.05. The Bertz CT molecular complexity index is 767. The van der Waals surface area contributed by atoms with Gasteiger partial charge in [-0.1, -0.05) is 42.8 Å². The lowest BCUT2D eigenvalue weighted by molar-refractivity contribution is 0.0729. The molecule has 0 aromatic rings. The lowest BCUT2D eigenvalue weighted by Gasteiger charge is -2.31. The van der Waals surface area contributed by atoms with Crippen LogP contribution >= 0.6 is 11.6 Å². The van der Waals surface area contributed by atoms with Crippen LogP contribution in [0.3, 0.4) is 0 Å². The second-order valence-corrected chi connectivity index (χ2v) is 7.00. The van der Waals surface area contributed by atoms with Crippen molar-refractivity contribution in [2.24, 2.45) is 4.99 Å². The maximum Gasteiger partial charge on any atom is 0.160 e. The fourth-order valence-corrected chi connectivity index (χ4v) is 3.08. The molecular formula is C21H27ClN4O.